The van der Waals surface area contributed by atoms with Gasteiger partial charge >= 0.3 is 0 Å². The fraction of sp³-hybridized carbons (Fsp3) is 0.364. The monoisotopic (exact) mass is 301 g/mol. The lowest BCUT2D eigenvalue weighted by Gasteiger charge is -2.10. The molecule has 0 amide bonds. The minimum Gasteiger partial charge on any atom is -0.390 e. The number of rotatable bonds is 5. The van der Waals surface area contributed by atoms with Crippen molar-refractivity contribution in [2.45, 2.75) is 31.4 Å². The Morgan fingerprint density at radius 1 is 1.58 bits per heavy atom. The predicted octanol–water partition coefficient (Wildman–Crippen LogP) is 1.31. The maximum Gasteiger partial charge on any atom is 0.242 e. The Balaban J connectivity index is 2.17. The Morgan fingerprint density at radius 2 is 2.32 bits per heavy atom. The summed E-state index contributed by atoms with van der Waals surface area (Å²) in [5.41, 5.74) is 1.33. The Bertz CT molecular complexity index is 660. The highest BCUT2D eigenvalue weighted by Crippen LogP contribution is 2.20. The number of sulfonamides is 1. The molecule has 0 saturated heterocycles. The van der Waals surface area contributed by atoms with Crippen molar-refractivity contribution in [2.24, 2.45) is 0 Å². The van der Waals surface area contributed by atoms with E-state index in [1.165, 1.54) is 23.6 Å². The molecule has 0 aliphatic heterocycles. The van der Waals surface area contributed by atoms with Gasteiger partial charge in [0.25, 0.3) is 0 Å². The summed E-state index contributed by atoms with van der Waals surface area (Å²) >= 11 is 1.42. The number of hydrogen-bond donors (Lipinski definition) is 3. The van der Waals surface area contributed by atoms with Crippen molar-refractivity contribution in [3.8, 4) is 0 Å². The Kier molecular flexibility index (Phi) is 4.04. The van der Waals surface area contributed by atoms with Gasteiger partial charge < -0.3 is 10.1 Å². The minimum absolute atomic E-state index is 0.108. The Morgan fingerprint density at radius 3 is 2.84 bits per heavy atom. The van der Waals surface area contributed by atoms with Gasteiger partial charge in [0.1, 0.15) is 5.01 Å². The summed E-state index contributed by atoms with van der Waals surface area (Å²) in [6.07, 6.45) is 1.35. The number of hydrogen-bond acceptors (Lipinski definition) is 5. The number of aromatic nitrogens is 2. The molecule has 6 nitrogen and oxygen atoms in total. The molecular weight excluding hydrogens is 286 g/mol. The summed E-state index contributed by atoms with van der Waals surface area (Å²) in [6, 6.07) is 1.01. The summed E-state index contributed by atoms with van der Waals surface area (Å²) in [7, 11) is -3.61. The molecule has 2 aromatic rings. The number of nitrogens with one attached hydrogen (secondary N) is 2. The number of aliphatic hydroxyl groups is 1. The van der Waals surface area contributed by atoms with E-state index in [-0.39, 0.29) is 11.5 Å². The van der Waals surface area contributed by atoms with Crippen LogP contribution < -0.4 is 4.72 Å². The zero-order chi connectivity index (χ0) is 14.0. The van der Waals surface area contributed by atoms with Gasteiger partial charge in [-0.2, -0.15) is 0 Å². The smallest absolute Gasteiger partial charge is 0.242 e. The highest BCUT2D eigenvalue weighted by atomic mass is 32.2. The average Bonchev–Trinajstić information content (AvgIpc) is 2.96. The number of nitrogens with zero attached hydrogens (tertiary/aromatic N) is 1. The highest BCUT2D eigenvalue weighted by molar-refractivity contribution is 7.89. The lowest BCUT2D eigenvalue weighted by Crippen LogP contribution is -2.26. The van der Waals surface area contributed by atoms with E-state index >= 15 is 0 Å². The van der Waals surface area contributed by atoms with E-state index in [1.54, 1.807) is 6.92 Å². The van der Waals surface area contributed by atoms with Crippen LogP contribution in [0.1, 0.15) is 29.4 Å². The normalized spacial score (nSPS) is 13.6. The van der Waals surface area contributed by atoms with Crippen molar-refractivity contribution >= 4 is 21.4 Å². The molecule has 19 heavy (non-hydrogen) atoms. The second-order valence-electron chi connectivity index (χ2n) is 4.19. The van der Waals surface area contributed by atoms with Gasteiger partial charge in [0.15, 0.2) is 0 Å². The minimum atomic E-state index is -3.61. The van der Waals surface area contributed by atoms with Crippen molar-refractivity contribution in [1.29, 1.82) is 0 Å². The molecule has 2 rings (SSSR count). The summed E-state index contributed by atoms with van der Waals surface area (Å²) in [5, 5.41) is 11.5. The third-order valence-electron chi connectivity index (χ3n) is 2.54. The van der Waals surface area contributed by atoms with E-state index in [1.807, 2.05) is 12.3 Å². The first-order chi connectivity index (χ1) is 8.92. The number of aliphatic hydroxyl groups excluding tert-OH is 1. The van der Waals surface area contributed by atoms with Crippen LogP contribution in [0.2, 0.25) is 0 Å². The molecular formula is C11H15N3O3S2. The Labute approximate surface area is 115 Å². The van der Waals surface area contributed by atoms with Gasteiger partial charge in [0.2, 0.25) is 10.0 Å². The molecule has 0 aliphatic rings. The maximum absolute atomic E-state index is 12.1. The van der Waals surface area contributed by atoms with Gasteiger partial charge in [-0.3, -0.25) is 0 Å². The van der Waals surface area contributed by atoms with Crippen LogP contribution >= 0.6 is 11.3 Å². The van der Waals surface area contributed by atoms with Crippen LogP contribution in [0, 0.1) is 6.92 Å². The molecule has 1 unspecified atom stereocenters. The third kappa shape index (κ3) is 3.21. The number of aromatic amines is 1. The molecule has 0 bridgehead atoms. The molecule has 8 heteroatoms. The first-order valence-corrected chi connectivity index (χ1v) is 8.01. The molecule has 0 radical (unpaired) electrons. The standard InChI is InChI=1S/C11H15N3O3S2/c1-7-6-18-11(13-7)8(2)14-19(16,17)10-3-9(5-15)12-4-10/h3-4,6,8,12,14-15H,5H2,1-2H3. The summed E-state index contributed by atoms with van der Waals surface area (Å²) in [4.78, 5) is 7.06. The van der Waals surface area contributed by atoms with Crippen molar-refractivity contribution < 1.29 is 13.5 Å². The predicted molar refractivity (Wildman–Crippen MR) is 72.3 cm³/mol. The molecule has 2 aromatic heterocycles. The van der Waals surface area contributed by atoms with Gasteiger partial charge in [-0.25, -0.2) is 18.1 Å². The van der Waals surface area contributed by atoms with Gasteiger partial charge in [0, 0.05) is 23.0 Å². The fourth-order valence-electron chi connectivity index (χ4n) is 1.59. The van der Waals surface area contributed by atoms with Crippen LogP contribution in [-0.4, -0.2) is 23.5 Å². The largest absolute Gasteiger partial charge is 0.390 e. The average molecular weight is 301 g/mol. The second kappa shape index (κ2) is 5.41. The molecule has 0 aliphatic carbocycles. The van der Waals surface area contributed by atoms with Gasteiger partial charge in [-0.15, -0.1) is 11.3 Å². The number of thiazole rings is 1. The SMILES string of the molecule is Cc1csc(C(C)NS(=O)(=O)c2c[nH]c(CO)c2)n1. The molecule has 104 valence electrons. The van der Waals surface area contributed by atoms with E-state index in [9.17, 15) is 8.42 Å². The van der Waals surface area contributed by atoms with Crippen LogP contribution in [0.4, 0.5) is 0 Å². The lowest BCUT2D eigenvalue weighted by atomic mass is 10.4. The highest BCUT2D eigenvalue weighted by Gasteiger charge is 2.21. The van der Waals surface area contributed by atoms with E-state index in [2.05, 4.69) is 14.7 Å². The van der Waals surface area contributed by atoms with Crippen molar-refractivity contribution in [1.82, 2.24) is 14.7 Å². The van der Waals surface area contributed by atoms with Crippen molar-refractivity contribution in [3.63, 3.8) is 0 Å². The molecule has 1 atom stereocenters. The summed E-state index contributed by atoms with van der Waals surface area (Å²) in [5.74, 6) is 0. The van der Waals surface area contributed by atoms with E-state index < -0.39 is 16.1 Å². The quantitative estimate of drug-likeness (QED) is 0.776. The first kappa shape index (κ1) is 14.2. The number of aryl methyl sites for hydroxylation is 1. The van der Waals surface area contributed by atoms with Crippen LogP contribution in [0.5, 0.6) is 0 Å². The zero-order valence-corrected chi connectivity index (χ0v) is 12.2. The second-order valence-corrected chi connectivity index (χ2v) is 6.79. The third-order valence-corrected chi connectivity index (χ3v) is 5.20. The van der Waals surface area contributed by atoms with E-state index in [0.29, 0.717) is 5.69 Å². The topological polar surface area (TPSA) is 95.1 Å². The van der Waals surface area contributed by atoms with Gasteiger partial charge in [-0.05, 0) is 19.9 Å². The molecule has 0 fully saturated rings. The van der Waals surface area contributed by atoms with Crippen molar-refractivity contribution in [3.05, 3.63) is 34.0 Å². The lowest BCUT2D eigenvalue weighted by molar-refractivity contribution is 0.277. The molecule has 2 heterocycles. The van der Waals surface area contributed by atoms with Crippen LogP contribution in [0.15, 0.2) is 22.5 Å². The Hall–Kier alpha value is -1.22. The van der Waals surface area contributed by atoms with Crippen LogP contribution in [0.3, 0.4) is 0 Å². The van der Waals surface area contributed by atoms with Crippen molar-refractivity contribution in [2.75, 3.05) is 0 Å². The first-order valence-electron chi connectivity index (χ1n) is 5.65. The summed E-state index contributed by atoms with van der Waals surface area (Å²) < 4.78 is 26.8. The molecule has 0 aromatic carbocycles. The molecule has 0 spiro atoms. The fourth-order valence-corrected chi connectivity index (χ4v) is 3.69. The number of H-pyrrole nitrogens is 1. The summed E-state index contributed by atoms with van der Waals surface area (Å²) in [6.45, 7) is 3.38. The van der Waals surface area contributed by atoms with E-state index in [4.69, 9.17) is 5.11 Å². The van der Waals surface area contributed by atoms with Gasteiger partial charge in [0.05, 0.1) is 17.5 Å². The van der Waals surface area contributed by atoms with Crippen LogP contribution in [-0.2, 0) is 16.6 Å². The molecule has 0 saturated carbocycles. The maximum atomic E-state index is 12.1. The van der Waals surface area contributed by atoms with Gasteiger partial charge in [-0.1, -0.05) is 0 Å². The molecule has 3 N–H and O–H groups in total. The zero-order valence-electron chi connectivity index (χ0n) is 10.5. The van der Waals surface area contributed by atoms with Crippen LogP contribution in [0.25, 0.3) is 0 Å². The van der Waals surface area contributed by atoms with E-state index in [0.717, 1.165) is 10.7 Å².